The van der Waals surface area contributed by atoms with E-state index in [4.69, 9.17) is 14.2 Å². The van der Waals surface area contributed by atoms with Gasteiger partial charge in [-0.05, 0) is 59.7 Å². The number of Topliss-reactive ketones (excluding diaryl/α,β-unsaturated/α-hetero) is 1. The standard InChI is InChI=1S/C33H23FN2O6S/c34-22-10-11-24-27(17-22)43-33(35-24)36-29(20-7-4-8-23(15-20)42-18-19-5-2-1-3-6-19)28(31(38)32(36)39)30(37)21-9-12-25-26(16-21)41-14-13-40-25/h1-12,15-17,29,37H,13-14,18H2. The molecule has 1 amide bonds. The predicted molar refractivity (Wildman–Crippen MR) is 159 cm³/mol. The largest absolute Gasteiger partial charge is 0.507 e. The Balaban J connectivity index is 1.35. The molecule has 1 saturated heterocycles. The number of amides is 1. The van der Waals surface area contributed by atoms with E-state index in [1.807, 2.05) is 30.3 Å². The number of thiazole rings is 1. The summed E-state index contributed by atoms with van der Waals surface area (Å²) in [6.45, 7) is 1.05. The molecule has 7 rings (SSSR count). The van der Waals surface area contributed by atoms with Gasteiger partial charge in [0, 0.05) is 5.56 Å². The average Bonchev–Trinajstić information content (AvgIpc) is 3.57. The number of aliphatic hydroxyl groups excluding tert-OH is 1. The van der Waals surface area contributed by atoms with Gasteiger partial charge in [0.05, 0.1) is 21.8 Å². The van der Waals surface area contributed by atoms with E-state index in [9.17, 15) is 19.1 Å². The smallest absolute Gasteiger partial charge is 0.301 e. The minimum absolute atomic E-state index is 0.118. The summed E-state index contributed by atoms with van der Waals surface area (Å²) in [5.41, 5.74) is 2.14. The van der Waals surface area contributed by atoms with Gasteiger partial charge in [0.25, 0.3) is 5.78 Å². The number of carbonyl (C=O) groups excluding carboxylic acids is 2. The first-order valence-electron chi connectivity index (χ1n) is 13.5. The van der Waals surface area contributed by atoms with Crippen LogP contribution in [0.1, 0.15) is 22.7 Å². The number of aromatic nitrogens is 1. The molecule has 0 saturated carbocycles. The lowest BCUT2D eigenvalue weighted by molar-refractivity contribution is -0.132. The molecule has 2 aliphatic rings. The number of rotatable bonds is 6. The summed E-state index contributed by atoms with van der Waals surface area (Å²) in [6, 6.07) is 24.6. The second kappa shape index (κ2) is 10.9. The SMILES string of the molecule is O=C1C(=O)N(c2nc3ccc(F)cc3s2)C(c2cccc(OCc3ccccc3)c2)C1=C(O)c1ccc2c(c1)OCCO2. The van der Waals surface area contributed by atoms with Crippen molar-refractivity contribution in [2.45, 2.75) is 12.6 Å². The number of fused-ring (bicyclic) bond motifs is 2. The Bertz CT molecular complexity index is 1920. The number of ketones is 1. The number of hydrogen-bond donors (Lipinski definition) is 1. The molecule has 5 aromatic rings. The van der Waals surface area contributed by atoms with Crippen molar-refractivity contribution in [2.24, 2.45) is 0 Å². The summed E-state index contributed by atoms with van der Waals surface area (Å²) >= 11 is 1.08. The van der Waals surface area contributed by atoms with E-state index in [0.29, 0.717) is 52.8 Å². The van der Waals surface area contributed by atoms with Crippen LogP contribution in [0.5, 0.6) is 17.2 Å². The molecule has 43 heavy (non-hydrogen) atoms. The fourth-order valence-electron chi connectivity index (χ4n) is 5.20. The van der Waals surface area contributed by atoms with Gasteiger partial charge in [-0.15, -0.1) is 0 Å². The van der Waals surface area contributed by atoms with Crippen LogP contribution in [-0.4, -0.2) is 35.0 Å². The second-order valence-corrected chi connectivity index (χ2v) is 11.0. The van der Waals surface area contributed by atoms with Crippen LogP contribution in [0.2, 0.25) is 0 Å². The first kappa shape index (κ1) is 26.7. The molecule has 1 unspecified atom stereocenters. The van der Waals surface area contributed by atoms with Crippen molar-refractivity contribution in [3.8, 4) is 17.2 Å². The summed E-state index contributed by atoms with van der Waals surface area (Å²) in [5, 5.41) is 11.8. The molecule has 0 spiro atoms. The Morgan fingerprint density at radius 2 is 1.77 bits per heavy atom. The van der Waals surface area contributed by atoms with Crippen LogP contribution in [0.4, 0.5) is 9.52 Å². The van der Waals surface area contributed by atoms with Crippen molar-refractivity contribution < 1.29 is 33.3 Å². The van der Waals surface area contributed by atoms with Gasteiger partial charge in [-0.2, -0.15) is 0 Å². The number of nitrogens with zero attached hydrogens (tertiary/aromatic N) is 2. The number of aliphatic hydroxyl groups is 1. The molecule has 0 bridgehead atoms. The number of benzene rings is 4. The third-order valence-corrected chi connectivity index (χ3v) is 8.24. The van der Waals surface area contributed by atoms with Gasteiger partial charge in [-0.1, -0.05) is 53.8 Å². The molecule has 1 fully saturated rings. The monoisotopic (exact) mass is 594 g/mol. The minimum atomic E-state index is -1.04. The highest BCUT2D eigenvalue weighted by Gasteiger charge is 2.48. The molecule has 2 aliphatic heterocycles. The minimum Gasteiger partial charge on any atom is -0.507 e. The van der Waals surface area contributed by atoms with E-state index in [0.717, 1.165) is 16.9 Å². The highest BCUT2D eigenvalue weighted by molar-refractivity contribution is 7.22. The molecule has 4 aromatic carbocycles. The van der Waals surface area contributed by atoms with Gasteiger partial charge < -0.3 is 19.3 Å². The van der Waals surface area contributed by atoms with E-state index in [-0.39, 0.29) is 22.0 Å². The molecule has 10 heteroatoms. The summed E-state index contributed by atoms with van der Waals surface area (Å²) in [4.78, 5) is 33.1. The second-order valence-electron chi connectivity index (χ2n) is 9.98. The maximum atomic E-state index is 14.0. The predicted octanol–water partition coefficient (Wildman–Crippen LogP) is 6.41. The van der Waals surface area contributed by atoms with Gasteiger partial charge in [-0.25, -0.2) is 9.37 Å². The zero-order valence-corrected chi connectivity index (χ0v) is 23.3. The van der Waals surface area contributed by atoms with Crippen molar-refractivity contribution in [3.63, 3.8) is 0 Å². The van der Waals surface area contributed by atoms with Crippen LogP contribution in [0, 0.1) is 5.82 Å². The summed E-state index contributed by atoms with van der Waals surface area (Å²) in [7, 11) is 0. The Morgan fingerprint density at radius 1 is 0.953 bits per heavy atom. The molecule has 0 aliphatic carbocycles. The maximum Gasteiger partial charge on any atom is 0.301 e. The fourth-order valence-corrected chi connectivity index (χ4v) is 6.21. The Morgan fingerprint density at radius 3 is 2.60 bits per heavy atom. The van der Waals surface area contributed by atoms with E-state index in [2.05, 4.69) is 4.98 Å². The lowest BCUT2D eigenvalue weighted by atomic mass is 9.95. The third-order valence-electron chi connectivity index (χ3n) is 7.23. The maximum absolute atomic E-state index is 14.0. The zero-order chi connectivity index (χ0) is 29.5. The Hall–Kier alpha value is -5.22. The highest BCUT2D eigenvalue weighted by Crippen LogP contribution is 2.45. The van der Waals surface area contributed by atoms with Crippen LogP contribution in [0.15, 0.2) is 96.6 Å². The number of carbonyl (C=O) groups is 2. The van der Waals surface area contributed by atoms with Crippen LogP contribution in [-0.2, 0) is 16.2 Å². The molecular formula is C33H23FN2O6S. The van der Waals surface area contributed by atoms with Gasteiger partial charge in [0.15, 0.2) is 16.6 Å². The van der Waals surface area contributed by atoms with E-state index >= 15 is 0 Å². The van der Waals surface area contributed by atoms with Crippen molar-refractivity contribution in [1.29, 1.82) is 0 Å². The van der Waals surface area contributed by atoms with E-state index < -0.39 is 23.5 Å². The molecule has 214 valence electrons. The summed E-state index contributed by atoms with van der Waals surface area (Å²) in [6.07, 6.45) is 0. The van der Waals surface area contributed by atoms with Crippen LogP contribution in [0.25, 0.3) is 16.0 Å². The quantitative estimate of drug-likeness (QED) is 0.138. The lowest BCUT2D eigenvalue weighted by Gasteiger charge is -2.24. The molecule has 1 atom stereocenters. The van der Waals surface area contributed by atoms with Gasteiger partial charge >= 0.3 is 5.91 Å². The average molecular weight is 595 g/mol. The molecule has 3 heterocycles. The molecule has 8 nitrogen and oxygen atoms in total. The molecule has 0 radical (unpaired) electrons. The molecule has 1 aromatic heterocycles. The van der Waals surface area contributed by atoms with Crippen molar-refractivity contribution >= 4 is 44.1 Å². The third kappa shape index (κ3) is 4.95. The normalized spacial score (nSPS) is 17.4. The first-order valence-corrected chi connectivity index (χ1v) is 14.3. The number of anilines is 1. The zero-order valence-electron chi connectivity index (χ0n) is 22.5. The summed E-state index contributed by atoms with van der Waals surface area (Å²) in [5.74, 6) is -1.10. The fraction of sp³-hybridized carbons (Fsp3) is 0.121. The van der Waals surface area contributed by atoms with Crippen molar-refractivity contribution in [3.05, 3.63) is 119 Å². The van der Waals surface area contributed by atoms with Crippen molar-refractivity contribution in [2.75, 3.05) is 18.1 Å². The van der Waals surface area contributed by atoms with Crippen LogP contribution in [0.3, 0.4) is 0 Å². The molecule has 1 N–H and O–H groups in total. The van der Waals surface area contributed by atoms with E-state index in [1.54, 1.807) is 42.5 Å². The Kier molecular flexibility index (Phi) is 6.75. The van der Waals surface area contributed by atoms with Crippen LogP contribution < -0.4 is 19.1 Å². The highest BCUT2D eigenvalue weighted by atomic mass is 32.1. The topological polar surface area (TPSA) is 98.2 Å². The lowest BCUT2D eigenvalue weighted by Crippen LogP contribution is -2.29. The van der Waals surface area contributed by atoms with Gasteiger partial charge in [-0.3, -0.25) is 14.5 Å². The van der Waals surface area contributed by atoms with Crippen LogP contribution >= 0.6 is 11.3 Å². The molecular weight excluding hydrogens is 571 g/mol. The van der Waals surface area contributed by atoms with Gasteiger partial charge in [0.1, 0.15) is 37.1 Å². The Labute approximate surface area is 249 Å². The number of halogens is 1. The van der Waals surface area contributed by atoms with Crippen molar-refractivity contribution in [1.82, 2.24) is 4.98 Å². The van der Waals surface area contributed by atoms with E-state index in [1.165, 1.54) is 23.1 Å². The summed E-state index contributed by atoms with van der Waals surface area (Å²) < 4.78 is 31.8. The first-order chi connectivity index (χ1) is 21.0. The number of ether oxygens (including phenoxy) is 3. The van der Waals surface area contributed by atoms with Gasteiger partial charge in [0.2, 0.25) is 0 Å². The number of hydrogen-bond acceptors (Lipinski definition) is 8.